The SMILES string of the molecule is C=CCN1[C@H](C)CN(C(c2ccc(C(=O)N(CC)CC)cc2)c2cccc(O)c2)C[C@@H]1C. The monoisotopic (exact) mass is 435 g/mol. The molecule has 0 aliphatic carbocycles. The minimum absolute atomic E-state index is 0.00971. The molecule has 1 amide bonds. The van der Waals surface area contributed by atoms with Crippen LogP contribution in [0.4, 0.5) is 0 Å². The van der Waals surface area contributed by atoms with Crippen LogP contribution in [-0.2, 0) is 0 Å². The van der Waals surface area contributed by atoms with Crippen LogP contribution in [0.2, 0.25) is 0 Å². The number of phenolic OH excluding ortho intramolecular Hbond substituents is 1. The van der Waals surface area contributed by atoms with E-state index < -0.39 is 0 Å². The molecule has 1 fully saturated rings. The van der Waals surface area contributed by atoms with E-state index in [0.29, 0.717) is 30.7 Å². The Hall–Kier alpha value is -2.63. The van der Waals surface area contributed by atoms with E-state index in [1.54, 1.807) is 6.07 Å². The molecule has 1 heterocycles. The van der Waals surface area contributed by atoms with Crippen molar-refractivity contribution in [2.75, 3.05) is 32.7 Å². The lowest BCUT2D eigenvalue weighted by molar-refractivity contribution is 0.0322. The summed E-state index contributed by atoms with van der Waals surface area (Å²) in [4.78, 5) is 19.6. The van der Waals surface area contributed by atoms with Crippen molar-refractivity contribution in [3.63, 3.8) is 0 Å². The summed E-state index contributed by atoms with van der Waals surface area (Å²) in [6, 6.07) is 16.3. The van der Waals surface area contributed by atoms with Crippen molar-refractivity contribution in [3.8, 4) is 5.75 Å². The number of benzene rings is 2. The minimum Gasteiger partial charge on any atom is -0.508 e. The van der Waals surface area contributed by atoms with Crippen molar-refractivity contribution in [2.24, 2.45) is 0 Å². The zero-order chi connectivity index (χ0) is 23.3. The molecule has 32 heavy (non-hydrogen) atoms. The van der Waals surface area contributed by atoms with E-state index in [4.69, 9.17) is 0 Å². The number of amides is 1. The summed E-state index contributed by atoms with van der Waals surface area (Å²) in [5.74, 6) is 0.336. The van der Waals surface area contributed by atoms with Crippen molar-refractivity contribution < 1.29 is 9.90 Å². The second-order valence-electron chi connectivity index (χ2n) is 8.73. The molecule has 1 saturated heterocycles. The number of nitrogens with zero attached hydrogens (tertiary/aromatic N) is 3. The summed E-state index contributed by atoms with van der Waals surface area (Å²) in [5.41, 5.74) is 2.90. The van der Waals surface area contributed by atoms with Crippen LogP contribution in [0.1, 0.15) is 55.2 Å². The molecule has 0 spiro atoms. The van der Waals surface area contributed by atoms with Crippen molar-refractivity contribution in [3.05, 3.63) is 77.9 Å². The molecule has 2 aromatic rings. The molecule has 3 atom stereocenters. The van der Waals surface area contributed by atoms with E-state index in [1.165, 1.54) is 0 Å². The quantitative estimate of drug-likeness (QED) is 0.618. The van der Waals surface area contributed by atoms with Crippen LogP contribution in [0.5, 0.6) is 5.75 Å². The highest BCUT2D eigenvalue weighted by Gasteiger charge is 2.33. The van der Waals surface area contributed by atoms with Crippen molar-refractivity contribution >= 4 is 5.91 Å². The van der Waals surface area contributed by atoms with Crippen LogP contribution >= 0.6 is 0 Å². The number of hydrogen-bond acceptors (Lipinski definition) is 4. The summed E-state index contributed by atoms with van der Waals surface area (Å²) in [5, 5.41) is 10.2. The van der Waals surface area contributed by atoms with Gasteiger partial charge in [0, 0.05) is 50.4 Å². The second kappa shape index (κ2) is 10.8. The third-order valence-corrected chi connectivity index (χ3v) is 6.54. The Balaban J connectivity index is 1.94. The van der Waals surface area contributed by atoms with Crippen LogP contribution in [0.3, 0.4) is 0 Å². The first-order chi connectivity index (χ1) is 15.4. The fourth-order valence-electron chi connectivity index (χ4n) is 4.93. The number of phenols is 1. The van der Waals surface area contributed by atoms with Gasteiger partial charge in [-0.2, -0.15) is 0 Å². The highest BCUT2D eigenvalue weighted by Crippen LogP contribution is 2.33. The zero-order valence-electron chi connectivity index (χ0n) is 19.9. The Morgan fingerprint density at radius 1 is 1.09 bits per heavy atom. The predicted octanol–water partition coefficient (Wildman–Crippen LogP) is 4.54. The lowest BCUT2D eigenvalue weighted by Gasteiger charge is -2.47. The van der Waals surface area contributed by atoms with Gasteiger partial charge >= 0.3 is 0 Å². The zero-order valence-corrected chi connectivity index (χ0v) is 19.9. The Morgan fingerprint density at radius 2 is 1.72 bits per heavy atom. The Labute approximate surface area is 193 Å². The van der Waals surface area contributed by atoms with E-state index in [1.807, 2.05) is 49.1 Å². The van der Waals surface area contributed by atoms with Gasteiger partial charge in [0.2, 0.25) is 0 Å². The van der Waals surface area contributed by atoms with Gasteiger partial charge in [0.25, 0.3) is 5.91 Å². The molecule has 1 aliphatic heterocycles. The maximum Gasteiger partial charge on any atom is 0.253 e. The molecule has 172 valence electrons. The summed E-state index contributed by atoms with van der Waals surface area (Å²) in [7, 11) is 0. The number of hydrogen-bond donors (Lipinski definition) is 1. The first-order valence-electron chi connectivity index (χ1n) is 11.7. The fraction of sp³-hybridized carbons (Fsp3) is 0.444. The molecular formula is C27H37N3O2. The smallest absolute Gasteiger partial charge is 0.253 e. The summed E-state index contributed by atoms with van der Waals surface area (Å²) in [6.45, 7) is 16.6. The van der Waals surface area contributed by atoms with Gasteiger partial charge in [-0.05, 0) is 63.1 Å². The molecular weight excluding hydrogens is 398 g/mol. The molecule has 5 heteroatoms. The number of carbonyl (C=O) groups is 1. The van der Waals surface area contributed by atoms with Crippen LogP contribution in [-0.4, -0.2) is 70.5 Å². The first-order valence-corrected chi connectivity index (χ1v) is 11.7. The molecule has 3 rings (SSSR count). The Bertz CT molecular complexity index is 895. The van der Waals surface area contributed by atoms with Gasteiger partial charge in [0.15, 0.2) is 0 Å². The van der Waals surface area contributed by atoms with Crippen molar-refractivity contribution in [1.29, 1.82) is 0 Å². The maximum atomic E-state index is 12.8. The van der Waals surface area contributed by atoms with Crippen molar-refractivity contribution in [1.82, 2.24) is 14.7 Å². The summed E-state index contributed by atoms with van der Waals surface area (Å²) in [6.07, 6.45) is 1.97. The van der Waals surface area contributed by atoms with Gasteiger partial charge in [0.05, 0.1) is 6.04 Å². The molecule has 0 aromatic heterocycles. The number of carbonyl (C=O) groups excluding carboxylic acids is 1. The molecule has 1 unspecified atom stereocenters. The van der Waals surface area contributed by atoms with Gasteiger partial charge in [-0.3, -0.25) is 14.6 Å². The van der Waals surface area contributed by atoms with Gasteiger partial charge in [0.1, 0.15) is 5.75 Å². The maximum absolute atomic E-state index is 12.8. The van der Waals surface area contributed by atoms with Crippen molar-refractivity contribution in [2.45, 2.75) is 45.8 Å². The van der Waals surface area contributed by atoms with E-state index in [2.05, 4.69) is 48.4 Å². The molecule has 0 saturated carbocycles. The number of piperazine rings is 1. The summed E-state index contributed by atoms with van der Waals surface area (Å²) >= 11 is 0. The van der Waals surface area contributed by atoms with Gasteiger partial charge in [-0.1, -0.05) is 30.3 Å². The van der Waals surface area contributed by atoms with E-state index in [0.717, 1.165) is 30.8 Å². The van der Waals surface area contributed by atoms with Gasteiger partial charge in [-0.25, -0.2) is 0 Å². The van der Waals surface area contributed by atoms with Crippen LogP contribution in [0.15, 0.2) is 61.2 Å². The number of aromatic hydroxyl groups is 1. The lowest BCUT2D eigenvalue weighted by atomic mass is 9.93. The Morgan fingerprint density at radius 3 is 2.25 bits per heavy atom. The Kier molecular flexibility index (Phi) is 8.10. The highest BCUT2D eigenvalue weighted by atomic mass is 16.3. The molecule has 1 aliphatic rings. The molecule has 0 radical (unpaired) electrons. The van der Waals surface area contributed by atoms with Crippen LogP contribution in [0.25, 0.3) is 0 Å². The normalized spacial score (nSPS) is 20.6. The standard InChI is InChI=1S/C27H37N3O2/c1-6-16-30-20(4)18-29(19-21(30)5)26(24-10-9-11-25(31)17-24)22-12-14-23(15-13-22)27(32)28(7-2)8-3/h6,9-15,17,20-21,26,31H,1,7-8,16,18-19H2,2-5H3/t20-,21+,26?. The molecule has 0 bridgehead atoms. The molecule has 5 nitrogen and oxygen atoms in total. The predicted molar refractivity (Wildman–Crippen MR) is 131 cm³/mol. The highest BCUT2D eigenvalue weighted by molar-refractivity contribution is 5.94. The third-order valence-electron chi connectivity index (χ3n) is 6.54. The average molecular weight is 436 g/mol. The lowest BCUT2D eigenvalue weighted by Crippen LogP contribution is -2.57. The number of rotatable bonds is 8. The van der Waals surface area contributed by atoms with Crippen LogP contribution < -0.4 is 0 Å². The first kappa shape index (κ1) is 24.0. The van der Waals surface area contributed by atoms with E-state index >= 15 is 0 Å². The topological polar surface area (TPSA) is 47.0 Å². The molecule has 2 aromatic carbocycles. The third kappa shape index (κ3) is 5.22. The fourth-order valence-corrected chi connectivity index (χ4v) is 4.93. The van der Waals surface area contributed by atoms with Gasteiger partial charge in [-0.15, -0.1) is 6.58 Å². The average Bonchev–Trinajstić information content (AvgIpc) is 2.78. The summed E-state index contributed by atoms with van der Waals surface area (Å²) < 4.78 is 0. The minimum atomic E-state index is 0.00971. The molecule has 1 N–H and O–H groups in total. The van der Waals surface area contributed by atoms with Gasteiger partial charge < -0.3 is 10.0 Å². The largest absolute Gasteiger partial charge is 0.508 e. The second-order valence-corrected chi connectivity index (χ2v) is 8.73. The van der Waals surface area contributed by atoms with E-state index in [9.17, 15) is 9.90 Å². The van der Waals surface area contributed by atoms with Crippen LogP contribution in [0, 0.1) is 0 Å². The van der Waals surface area contributed by atoms with E-state index in [-0.39, 0.29) is 17.7 Å².